The number of likely N-dealkylation sites (tertiary alicyclic amines) is 1. The van der Waals surface area contributed by atoms with Crippen molar-refractivity contribution in [3.63, 3.8) is 0 Å². The Morgan fingerprint density at radius 1 is 1.06 bits per heavy atom. The van der Waals surface area contributed by atoms with Crippen LogP contribution in [-0.4, -0.2) is 113 Å². The molecule has 0 radical (unpaired) electrons. The van der Waals surface area contributed by atoms with E-state index in [9.17, 15) is 38.6 Å². The van der Waals surface area contributed by atoms with Gasteiger partial charge in [0, 0.05) is 66.2 Å². The lowest BCUT2D eigenvalue weighted by molar-refractivity contribution is -0.146. The molecular weight excluding hydrogens is 924 g/mol. The number of thioether (sulfide) groups is 1. The van der Waals surface area contributed by atoms with Crippen LogP contribution in [0.3, 0.4) is 0 Å². The summed E-state index contributed by atoms with van der Waals surface area (Å²) in [5, 5.41) is 12.8. The third kappa shape index (κ3) is 11.3. The molecule has 22 heteroatoms. The first-order valence-corrected chi connectivity index (χ1v) is 25.3. The Bertz CT molecular complexity index is 2440. The molecule has 4 fully saturated rings. The summed E-state index contributed by atoms with van der Waals surface area (Å²) in [5.74, 6) is -2.29. The fourth-order valence-electron chi connectivity index (χ4n) is 8.82. The van der Waals surface area contributed by atoms with Crippen LogP contribution in [0.5, 0.6) is 0 Å². The van der Waals surface area contributed by atoms with Gasteiger partial charge in [0.1, 0.15) is 18.2 Å². The molecule has 2 aromatic heterocycles. The molecule has 7 atom stereocenters. The molecule has 7 rings (SSSR count). The topological polar surface area (TPSA) is 224 Å². The smallest absolute Gasteiger partial charge is 0.428 e. The van der Waals surface area contributed by atoms with Gasteiger partial charge in [0.25, 0.3) is 5.91 Å². The van der Waals surface area contributed by atoms with Crippen molar-refractivity contribution in [2.75, 3.05) is 45.5 Å². The number of ether oxygens (including phenoxy) is 3. The summed E-state index contributed by atoms with van der Waals surface area (Å²) in [6.45, 7) is 2.78. The number of aromatic amines is 1. The number of H-pyrrole nitrogens is 1. The Labute approximate surface area is 387 Å². The lowest BCUT2D eigenvalue weighted by atomic mass is 9.91. The maximum absolute atomic E-state index is 16.4. The first kappa shape index (κ1) is 49.2. The summed E-state index contributed by atoms with van der Waals surface area (Å²) < 4.78 is 72.5. The minimum absolute atomic E-state index is 0.0642. The molecule has 66 heavy (non-hydrogen) atoms. The number of nitrogens with one attached hydrogen (secondary N) is 2. The molecule has 4 aliphatic heterocycles. The predicted octanol–water partition coefficient (Wildman–Crippen LogP) is 6.87. The third-order valence-electron chi connectivity index (χ3n) is 12.1. The fraction of sp³-hybridized carbons (Fsp3) is 0.568. The number of pyridine rings is 1. The number of hydrogen-bond donors (Lipinski definition) is 2. The number of thiophene rings is 1. The number of benzene rings is 1. The monoisotopic (exact) mass is 975 g/mol. The molecule has 6 heterocycles. The number of nitriles is 1. The highest BCUT2D eigenvalue weighted by Gasteiger charge is 2.56. The summed E-state index contributed by atoms with van der Waals surface area (Å²) in [4.78, 5) is 84.7. The van der Waals surface area contributed by atoms with E-state index < -0.39 is 74.3 Å². The second-order valence-electron chi connectivity index (χ2n) is 17.2. The molecule has 3 amide bonds. The van der Waals surface area contributed by atoms with Crippen LogP contribution in [0, 0.1) is 23.2 Å². The van der Waals surface area contributed by atoms with Gasteiger partial charge in [-0.3, -0.25) is 33.1 Å². The molecule has 0 spiro atoms. The zero-order chi connectivity index (χ0) is 47.2. The largest absolute Gasteiger partial charge is 0.510 e. The minimum Gasteiger partial charge on any atom is -0.428 e. The van der Waals surface area contributed by atoms with Crippen molar-refractivity contribution in [1.29, 1.82) is 5.26 Å². The second kappa shape index (κ2) is 21.5. The van der Waals surface area contributed by atoms with Gasteiger partial charge in [-0.2, -0.15) is 14.0 Å². The number of alkyl halides is 2. The van der Waals surface area contributed by atoms with Gasteiger partial charge in [-0.25, -0.2) is 4.79 Å². The van der Waals surface area contributed by atoms with Gasteiger partial charge in [0.05, 0.1) is 36.7 Å². The maximum Gasteiger partial charge on any atom is 0.510 e. The number of carbonyl (C=O) groups excluding carboxylic acids is 5. The van der Waals surface area contributed by atoms with E-state index in [1.807, 2.05) is 13.8 Å². The lowest BCUT2D eigenvalue weighted by Gasteiger charge is -2.36. The van der Waals surface area contributed by atoms with Gasteiger partial charge in [-0.1, -0.05) is 44.5 Å². The van der Waals surface area contributed by atoms with Crippen molar-refractivity contribution in [2.24, 2.45) is 11.8 Å². The summed E-state index contributed by atoms with van der Waals surface area (Å²) >= 11 is 1.82. The van der Waals surface area contributed by atoms with E-state index in [4.69, 9.17) is 23.3 Å². The number of fused-ring (bicyclic) bond motifs is 2. The number of halogens is 2. The predicted molar refractivity (Wildman–Crippen MR) is 238 cm³/mol. The number of nitrogens with zero attached hydrogens (tertiary/aromatic N) is 3. The van der Waals surface area contributed by atoms with Gasteiger partial charge >= 0.3 is 19.4 Å². The average Bonchev–Trinajstić information content (AvgIpc) is 4.11. The number of hydrogen-bond acceptors (Lipinski definition) is 15. The second-order valence-corrected chi connectivity index (χ2v) is 21.5. The average molecular weight is 976 g/mol. The van der Waals surface area contributed by atoms with Crippen LogP contribution in [0.4, 0.5) is 13.6 Å². The molecule has 2 N–H and O–H groups in total. The summed E-state index contributed by atoms with van der Waals surface area (Å²) in [7, 11) is -5.49. The van der Waals surface area contributed by atoms with Crippen LogP contribution in [-0.2, 0) is 47.9 Å². The highest BCUT2D eigenvalue weighted by molar-refractivity contribution is 8.13. The zero-order valence-electron chi connectivity index (χ0n) is 36.4. The highest BCUT2D eigenvalue weighted by atomic mass is 32.2. The molecule has 0 bridgehead atoms. The molecule has 1 unspecified atom stereocenters. The Hall–Kier alpha value is -4.71. The van der Waals surface area contributed by atoms with Crippen LogP contribution < -0.4 is 10.9 Å². The summed E-state index contributed by atoms with van der Waals surface area (Å²) in [5.41, 5.74) is -4.77. The van der Waals surface area contributed by atoms with E-state index in [2.05, 4.69) is 16.4 Å². The summed E-state index contributed by atoms with van der Waals surface area (Å²) in [6.07, 6.45) is 3.69. The maximum atomic E-state index is 16.4. The number of carbonyl (C=O) groups is 5. The van der Waals surface area contributed by atoms with E-state index >= 15 is 8.78 Å². The minimum atomic E-state index is -5.49. The van der Waals surface area contributed by atoms with Crippen molar-refractivity contribution in [1.82, 2.24) is 20.1 Å². The fourth-order valence-corrected chi connectivity index (χ4v) is 12.1. The summed E-state index contributed by atoms with van der Waals surface area (Å²) in [6, 6.07) is 8.15. The van der Waals surface area contributed by atoms with Crippen molar-refractivity contribution in [3.05, 3.63) is 69.0 Å². The Morgan fingerprint density at radius 2 is 1.86 bits per heavy atom. The van der Waals surface area contributed by atoms with Crippen molar-refractivity contribution >= 4 is 69.8 Å². The molecule has 17 nitrogen and oxygen atoms in total. The van der Waals surface area contributed by atoms with Gasteiger partial charge in [0.2, 0.25) is 24.2 Å². The van der Waals surface area contributed by atoms with E-state index in [-0.39, 0.29) is 76.6 Å². The van der Waals surface area contributed by atoms with E-state index in [1.54, 1.807) is 15.9 Å². The van der Waals surface area contributed by atoms with Crippen molar-refractivity contribution in [3.8, 4) is 6.07 Å². The first-order valence-electron chi connectivity index (χ1n) is 21.9. The molecule has 0 saturated carbocycles. The van der Waals surface area contributed by atoms with Gasteiger partial charge in [0.15, 0.2) is 5.12 Å². The Kier molecular flexibility index (Phi) is 16.0. The van der Waals surface area contributed by atoms with Crippen LogP contribution in [0.15, 0.2) is 47.4 Å². The van der Waals surface area contributed by atoms with E-state index in [0.717, 1.165) is 41.7 Å². The standard InChI is InChI=1S/C44H52F2N5O12PS2/c1-26(2)17-39(53)65-16-15-61-64(58,62-25-60-43(57)63-32-12-14-59-24-32)44(45,46)30-7-10-36-28(18-30)19-37(66-36)40(54)49-34-6-4-3-5-31-8-9-35(51(31)41(34)55)42(56)50-22-29(21-47)33(23-50)27-11-13-48-38(52)20-27/h7,10-11,13,18-20,26,29,31-35H,3-6,8-9,12,14-17,22-25H2,1-2H3,(H,48,52)(H,49,54)/t29-,31+,32-,33+,34+,35+,64?/m1/s1. The molecule has 356 valence electrons. The first-order chi connectivity index (χ1) is 31.6. The number of aromatic nitrogens is 1. The molecule has 0 aliphatic carbocycles. The molecule has 4 saturated heterocycles. The highest BCUT2D eigenvalue weighted by Crippen LogP contribution is 2.67. The van der Waals surface area contributed by atoms with Gasteiger partial charge in [-0.15, -0.1) is 11.3 Å². The number of rotatable bonds is 16. The number of amides is 3. The van der Waals surface area contributed by atoms with Crippen molar-refractivity contribution < 1.29 is 60.6 Å². The Balaban J connectivity index is 1.04. The van der Waals surface area contributed by atoms with E-state index in [0.29, 0.717) is 55.4 Å². The van der Waals surface area contributed by atoms with Gasteiger partial charge < -0.3 is 38.8 Å². The normalized spacial score (nSPS) is 24.3. The quantitative estimate of drug-likeness (QED) is 0.0647. The third-order valence-corrected chi connectivity index (χ3v) is 16.0. The molecule has 4 aliphatic rings. The lowest BCUT2D eigenvalue weighted by Crippen LogP contribution is -2.56. The van der Waals surface area contributed by atoms with Crippen LogP contribution in [0.2, 0.25) is 0 Å². The van der Waals surface area contributed by atoms with Crippen LogP contribution in [0.1, 0.15) is 91.9 Å². The van der Waals surface area contributed by atoms with Crippen LogP contribution >= 0.6 is 30.7 Å². The zero-order valence-corrected chi connectivity index (χ0v) is 39.0. The SMILES string of the molecule is CC(C)CC(=O)SCCOP(=O)(OCOC(=O)O[C@@H]1CCOC1)C(F)(F)c1ccc2sc(C(=O)N[C@H]3CCCC[C@H]4CC[C@@H](C(=O)N5C[C@@H](C#N)[C@H](c6cc[nH]c(=O)c6)C5)N4C3=O)cc2c1. The van der Waals surface area contributed by atoms with E-state index in [1.165, 1.54) is 24.4 Å². The van der Waals surface area contributed by atoms with Crippen molar-refractivity contribution in [2.45, 2.75) is 101 Å². The molecule has 1 aromatic carbocycles. The Morgan fingerprint density at radius 3 is 2.61 bits per heavy atom. The van der Waals surface area contributed by atoms with Crippen LogP contribution in [0.25, 0.3) is 10.1 Å². The van der Waals surface area contributed by atoms with Gasteiger partial charge in [-0.05, 0) is 66.8 Å². The molecular formula is C44H52F2N5O12PS2. The molecule has 3 aromatic rings.